The molecule has 0 bridgehead atoms. The molecular formula is C25H21N3O5S. The van der Waals surface area contributed by atoms with Gasteiger partial charge in [0.1, 0.15) is 6.54 Å². The number of hydrogen-bond acceptors (Lipinski definition) is 5. The van der Waals surface area contributed by atoms with Gasteiger partial charge in [0.25, 0.3) is 11.1 Å². The van der Waals surface area contributed by atoms with Gasteiger partial charge in [-0.2, -0.15) is 0 Å². The molecule has 2 heterocycles. The van der Waals surface area contributed by atoms with Crippen LogP contribution in [0.2, 0.25) is 0 Å². The molecule has 172 valence electrons. The number of anilines is 1. The van der Waals surface area contributed by atoms with Crippen LogP contribution >= 0.6 is 11.8 Å². The van der Waals surface area contributed by atoms with Gasteiger partial charge in [-0.25, -0.2) is 4.79 Å². The zero-order valence-electron chi connectivity index (χ0n) is 18.4. The number of rotatable bonds is 6. The van der Waals surface area contributed by atoms with E-state index in [-0.39, 0.29) is 10.5 Å². The van der Waals surface area contributed by atoms with Gasteiger partial charge in [-0.05, 0) is 73.1 Å². The number of carboxylic acids is 1. The number of amides is 3. The van der Waals surface area contributed by atoms with E-state index in [2.05, 4.69) is 5.32 Å². The first kappa shape index (κ1) is 23.1. The van der Waals surface area contributed by atoms with Crippen LogP contribution in [0.1, 0.15) is 27.2 Å². The Morgan fingerprint density at radius 3 is 2.44 bits per heavy atom. The molecule has 2 N–H and O–H groups in total. The molecule has 0 atom stereocenters. The smallest absolute Gasteiger partial charge is 0.335 e. The molecule has 8 nitrogen and oxygen atoms in total. The molecule has 0 unspecified atom stereocenters. The van der Waals surface area contributed by atoms with Gasteiger partial charge in [0.15, 0.2) is 0 Å². The number of carbonyl (C=O) groups is 4. The second kappa shape index (κ2) is 9.40. The topological polar surface area (TPSA) is 109 Å². The second-order valence-electron chi connectivity index (χ2n) is 7.74. The van der Waals surface area contributed by atoms with Gasteiger partial charge >= 0.3 is 5.97 Å². The third-order valence-corrected chi connectivity index (χ3v) is 6.26. The molecule has 0 saturated carbocycles. The number of hydrogen-bond donors (Lipinski definition) is 2. The number of thioether (sulfide) groups is 1. The van der Waals surface area contributed by atoms with Gasteiger partial charge in [-0.3, -0.25) is 19.3 Å². The number of nitrogens with one attached hydrogen (secondary N) is 1. The van der Waals surface area contributed by atoms with Gasteiger partial charge in [0.2, 0.25) is 5.91 Å². The molecule has 9 heteroatoms. The average molecular weight is 476 g/mol. The maximum absolute atomic E-state index is 12.9. The molecular weight excluding hydrogens is 454 g/mol. The molecule has 1 aromatic heterocycles. The van der Waals surface area contributed by atoms with Gasteiger partial charge in [0, 0.05) is 23.3 Å². The van der Waals surface area contributed by atoms with Crippen LogP contribution in [0.5, 0.6) is 0 Å². The van der Waals surface area contributed by atoms with Crippen LogP contribution < -0.4 is 5.32 Å². The number of carboxylic acid groups (broad SMARTS) is 1. The Bertz CT molecular complexity index is 1340. The first-order valence-electron chi connectivity index (χ1n) is 10.4. The fraction of sp³-hybridized carbons (Fsp3) is 0.120. The van der Waals surface area contributed by atoms with Gasteiger partial charge in [-0.15, -0.1) is 0 Å². The van der Waals surface area contributed by atoms with E-state index in [0.717, 1.165) is 27.8 Å². The summed E-state index contributed by atoms with van der Waals surface area (Å²) in [4.78, 5) is 50.4. The number of para-hydroxylation sites is 1. The third kappa shape index (κ3) is 4.65. The predicted molar refractivity (Wildman–Crippen MR) is 130 cm³/mol. The highest BCUT2D eigenvalue weighted by Crippen LogP contribution is 2.33. The van der Waals surface area contributed by atoms with Crippen molar-refractivity contribution in [2.24, 2.45) is 0 Å². The van der Waals surface area contributed by atoms with Gasteiger partial charge in [0.05, 0.1) is 10.5 Å². The van der Waals surface area contributed by atoms with Crippen LogP contribution in [0.3, 0.4) is 0 Å². The number of aryl methyl sites for hydroxylation is 2. The highest BCUT2D eigenvalue weighted by Gasteiger charge is 2.36. The Balaban J connectivity index is 1.53. The van der Waals surface area contributed by atoms with Crippen LogP contribution in [0.25, 0.3) is 11.8 Å². The molecule has 0 spiro atoms. The summed E-state index contributed by atoms with van der Waals surface area (Å²) in [5.41, 5.74) is 3.76. The van der Waals surface area contributed by atoms with Crippen molar-refractivity contribution in [2.45, 2.75) is 13.8 Å². The minimum Gasteiger partial charge on any atom is -0.478 e. The lowest BCUT2D eigenvalue weighted by molar-refractivity contribution is -0.127. The Morgan fingerprint density at radius 2 is 1.74 bits per heavy atom. The Morgan fingerprint density at radius 1 is 1.03 bits per heavy atom. The van der Waals surface area contributed by atoms with E-state index in [9.17, 15) is 24.3 Å². The van der Waals surface area contributed by atoms with Gasteiger partial charge < -0.3 is 15.0 Å². The molecule has 3 amide bonds. The maximum atomic E-state index is 12.9. The fourth-order valence-corrected chi connectivity index (χ4v) is 4.46. The molecule has 0 radical (unpaired) electrons. The number of aromatic nitrogens is 1. The van der Waals surface area contributed by atoms with Crippen molar-refractivity contribution in [3.63, 3.8) is 0 Å². The third-order valence-electron chi connectivity index (χ3n) is 5.35. The molecule has 2 aromatic carbocycles. The Hall–Kier alpha value is -4.11. The fourth-order valence-electron chi connectivity index (χ4n) is 3.64. The summed E-state index contributed by atoms with van der Waals surface area (Å²) >= 11 is 0.758. The van der Waals surface area contributed by atoms with Crippen molar-refractivity contribution in [3.05, 3.63) is 88.1 Å². The van der Waals surface area contributed by atoms with E-state index in [1.54, 1.807) is 41.1 Å². The number of carbonyl (C=O) groups excluding carboxylic acids is 3. The zero-order valence-corrected chi connectivity index (χ0v) is 19.3. The average Bonchev–Trinajstić information content (AvgIpc) is 3.36. The number of nitrogens with zero attached hydrogens (tertiary/aromatic N) is 2. The van der Waals surface area contributed by atoms with Crippen LogP contribution in [-0.2, 0) is 9.59 Å². The molecule has 1 aliphatic heterocycles. The van der Waals surface area contributed by atoms with E-state index >= 15 is 0 Å². The monoisotopic (exact) mass is 475 g/mol. The summed E-state index contributed by atoms with van der Waals surface area (Å²) in [6.07, 6.45) is 3.29. The predicted octanol–water partition coefficient (Wildman–Crippen LogP) is 4.47. The van der Waals surface area contributed by atoms with E-state index in [1.807, 2.05) is 32.0 Å². The van der Waals surface area contributed by atoms with E-state index in [4.69, 9.17) is 0 Å². The van der Waals surface area contributed by atoms with Crippen LogP contribution in [-0.4, -0.2) is 44.1 Å². The maximum Gasteiger partial charge on any atom is 0.335 e. The van der Waals surface area contributed by atoms with E-state index < -0.39 is 29.6 Å². The van der Waals surface area contributed by atoms with Crippen molar-refractivity contribution in [3.8, 4) is 5.69 Å². The zero-order chi connectivity index (χ0) is 24.4. The van der Waals surface area contributed by atoms with Gasteiger partial charge in [-0.1, -0.05) is 24.3 Å². The molecule has 3 aromatic rings. The molecule has 0 aliphatic carbocycles. The lowest BCUT2D eigenvalue weighted by atomic mass is 10.1. The quantitative estimate of drug-likeness (QED) is 0.510. The SMILES string of the molecule is Cc1cccc(C)c1NC(=O)CN1C(=O)S/C(=C/c2cccn2-c2cccc(C(=O)O)c2)C1=O. The lowest BCUT2D eigenvalue weighted by Gasteiger charge is -2.15. The highest BCUT2D eigenvalue weighted by atomic mass is 32.2. The van der Waals surface area contributed by atoms with Crippen LogP contribution in [0.15, 0.2) is 65.7 Å². The summed E-state index contributed by atoms with van der Waals surface area (Å²) in [7, 11) is 0. The summed E-state index contributed by atoms with van der Waals surface area (Å²) in [5, 5.41) is 11.5. The summed E-state index contributed by atoms with van der Waals surface area (Å²) < 4.78 is 1.72. The van der Waals surface area contributed by atoms with Crippen molar-refractivity contribution >= 4 is 46.5 Å². The van der Waals surface area contributed by atoms with E-state index in [1.165, 1.54) is 12.1 Å². The first-order chi connectivity index (χ1) is 16.2. The molecule has 1 aliphatic rings. The minimum atomic E-state index is -1.05. The number of aromatic carboxylic acids is 1. The minimum absolute atomic E-state index is 0.132. The van der Waals surface area contributed by atoms with Crippen molar-refractivity contribution < 1.29 is 24.3 Å². The lowest BCUT2D eigenvalue weighted by Crippen LogP contribution is -2.36. The van der Waals surface area contributed by atoms with Crippen molar-refractivity contribution in [2.75, 3.05) is 11.9 Å². The Labute approximate surface area is 199 Å². The molecule has 1 fully saturated rings. The summed E-state index contributed by atoms with van der Waals surface area (Å²) in [6.45, 7) is 3.34. The van der Waals surface area contributed by atoms with E-state index in [0.29, 0.717) is 17.1 Å². The summed E-state index contributed by atoms with van der Waals surface area (Å²) in [5.74, 6) is -2.07. The second-order valence-corrected chi connectivity index (χ2v) is 8.73. The Kier molecular flexibility index (Phi) is 6.38. The molecule has 1 saturated heterocycles. The van der Waals surface area contributed by atoms with Crippen LogP contribution in [0, 0.1) is 13.8 Å². The standard InChI is InChI=1S/C25H21N3O5S/c1-15-6-3-7-16(2)22(15)26-21(29)14-28-23(30)20(34-25(28)33)13-19-10-5-11-27(19)18-9-4-8-17(12-18)24(31)32/h3-13H,14H2,1-2H3,(H,26,29)(H,31,32)/b20-13+. The normalized spacial score (nSPS) is 14.6. The number of benzene rings is 2. The largest absolute Gasteiger partial charge is 0.478 e. The molecule has 4 rings (SSSR count). The summed E-state index contributed by atoms with van der Waals surface area (Å²) in [6, 6.07) is 15.5. The van der Waals surface area contributed by atoms with Crippen LogP contribution in [0.4, 0.5) is 10.5 Å². The number of imide groups is 1. The molecule has 34 heavy (non-hydrogen) atoms. The van der Waals surface area contributed by atoms with Crippen molar-refractivity contribution in [1.29, 1.82) is 0 Å². The first-order valence-corrected chi connectivity index (χ1v) is 11.2. The van der Waals surface area contributed by atoms with Crippen molar-refractivity contribution in [1.82, 2.24) is 9.47 Å². The highest BCUT2D eigenvalue weighted by molar-refractivity contribution is 8.18.